The minimum Gasteiger partial charge on any atom is -0.396 e. The molecule has 36 heavy (non-hydrogen) atoms. The zero-order chi connectivity index (χ0) is 25.2. The van der Waals surface area contributed by atoms with Gasteiger partial charge < -0.3 is 19.9 Å². The molecule has 3 aliphatic rings. The van der Waals surface area contributed by atoms with Gasteiger partial charge in [-0.15, -0.1) is 5.10 Å². The molecule has 4 atom stereocenters. The van der Waals surface area contributed by atoms with E-state index in [2.05, 4.69) is 20.6 Å². The lowest BCUT2D eigenvalue weighted by atomic mass is 10.1. The number of ether oxygens (including phenoxy) is 2. The van der Waals surface area contributed by atoms with E-state index in [4.69, 9.17) is 14.5 Å². The summed E-state index contributed by atoms with van der Waals surface area (Å²) in [5.74, 6) is -0.358. The number of halogens is 3. The van der Waals surface area contributed by atoms with Crippen LogP contribution in [0.25, 0.3) is 11.2 Å². The normalized spacial score (nSPS) is 27.5. The summed E-state index contributed by atoms with van der Waals surface area (Å²) in [7, 11) is 0. The molecule has 1 aliphatic heterocycles. The summed E-state index contributed by atoms with van der Waals surface area (Å²) < 4.78 is 52.8. The second-order valence-electron chi connectivity index (χ2n) is 9.91. The van der Waals surface area contributed by atoms with Gasteiger partial charge in [0.2, 0.25) is 0 Å². The van der Waals surface area contributed by atoms with E-state index >= 15 is 0 Å². The first-order valence-corrected chi connectivity index (χ1v) is 12.6. The first-order valence-electron chi connectivity index (χ1n) is 11.8. The van der Waals surface area contributed by atoms with Crippen LogP contribution in [0.4, 0.5) is 19.0 Å². The Labute approximate surface area is 208 Å². The van der Waals surface area contributed by atoms with Gasteiger partial charge in [-0.05, 0) is 69.1 Å². The number of nitrogens with one attached hydrogen (secondary N) is 1. The van der Waals surface area contributed by atoms with Crippen molar-refractivity contribution in [1.29, 1.82) is 0 Å². The minimum absolute atomic E-state index is 0.0395. The molecule has 2 saturated carbocycles. The number of aliphatic hydroxyl groups is 1. The van der Waals surface area contributed by atoms with Crippen molar-refractivity contribution < 1.29 is 27.8 Å². The van der Waals surface area contributed by atoms with E-state index in [9.17, 15) is 18.3 Å². The van der Waals surface area contributed by atoms with E-state index in [1.807, 2.05) is 13.8 Å². The lowest BCUT2D eigenvalue weighted by molar-refractivity contribution is -0.162. The molecule has 4 unspecified atom stereocenters. The van der Waals surface area contributed by atoms with Crippen LogP contribution in [0.5, 0.6) is 0 Å². The van der Waals surface area contributed by atoms with Gasteiger partial charge in [-0.3, -0.25) is 0 Å². The van der Waals surface area contributed by atoms with Gasteiger partial charge in [0, 0.05) is 23.5 Å². The molecule has 2 aromatic heterocycles. The van der Waals surface area contributed by atoms with Crippen molar-refractivity contribution in [3.05, 3.63) is 29.8 Å². The highest BCUT2D eigenvalue weighted by Gasteiger charge is 2.55. The number of rotatable bonds is 6. The number of aromatic nitrogens is 5. The molecule has 0 amide bonds. The highest BCUT2D eigenvalue weighted by atomic mass is 32.2. The molecule has 9 nitrogen and oxygen atoms in total. The molecule has 0 bridgehead atoms. The van der Waals surface area contributed by atoms with Crippen LogP contribution in [-0.4, -0.2) is 60.7 Å². The van der Waals surface area contributed by atoms with E-state index in [1.165, 1.54) is 23.9 Å². The monoisotopic (exact) mass is 522 g/mol. The molecule has 1 aromatic carbocycles. The smallest absolute Gasteiger partial charge is 0.396 e. The number of benzene rings is 1. The third kappa shape index (κ3) is 4.42. The predicted octanol–water partition coefficient (Wildman–Crippen LogP) is 4.04. The Kier molecular flexibility index (Phi) is 5.67. The molecule has 0 spiro atoms. The molecule has 1 saturated heterocycles. The Bertz CT molecular complexity index is 1280. The van der Waals surface area contributed by atoms with Crippen molar-refractivity contribution >= 4 is 28.7 Å². The first kappa shape index (κ1) is 23.9. The summed E-state index contributed by atoms with van der Waals surface area (Å²) in [5.41, 5.74) is 0.302. The molecule has 192 valence electrons. The lowest BCUT2D eigenvalue weighted by Crippen LogP contribution is -2.28. The summed E-state index contributed by atoms with van der Waals surface area (Å²) in [6.45, 7) is 3.64. The third-order valence-corrected chi connectivity index (χ3v) is 7.59. The maximum absolute atomic E-state index is 13.0. The molecule has 13 heteroatoms. The summed E-state index contributed by atoms with van der Waals surface area (Å²) in [6, 6.07) is 4.94. The molecule has 0 radical (unpaired) electrons. The molecule has 2 N–H and O–H groups in total. The fraction of sp³-hybridized carbons (Fsp3) is 0.565. The van der Waals surface area contributed by atoms with Crippen LogP contribution < -0.4 is 5.32 Å². The van der Waals surface area contributed by atoms with Crippen molar-refractivity contribution in [3.63, 3.8) is 0 Å². The van der Waals surface area contributed by atoms with Gasteiger partial charge >= 0.3 is 6.18 Å². The van der Waals surface area contributed by atoms with Gasteiger partial charge in [-0.25, -0.2) is 14.6 Å². The summed E-state index contributed by atoms with van der Waals surface area (Å²) in [6.07, 6.45) is -2.39. The number of aliphatic hydroxyl groups excluding tert-OH is 1. The number of nitrogens with zero attached hydrogens (tertiary/aromatic N) is 5. The van der Waals surface area contributed by atoms with Crippen molar-refractivity contribution in [2.24, 2.45) is 5.92 Å². The molecular formula is C23H25F3N6O3S. The molecule has 3 aromatic rings. The highest BCUT2D eigenvalue weighted by molar-refractivity contribution is 7.99. The van der Waals surface area contributed by atoms with Crippen LogP contribution in [0.15, 0.2) is 34.3 Å². The molecule has 3 fully saturated rings. The van der Waals surface area contributed by atoms with Crippen LogP contribution in [0.2, 0.25) is 0 Å². The van der Waals surface area contributed by atoms with Crippen LogP contribution >= 0.6 is 11.8 Å². The quantitative estimate of drug-likeness (QED) is 0.464. The maximum atomic E-state index is 13.0. The second kappa shape index (κ2) is 8.54. The zero-order valence-corrected chi connectivity index (χ0v) is 20.4. The fourth-order valence-corrected chi connectivity index (χ4v) is 5.65. The van der Waals surface area contributed by atoms with Gasteiger partial charge in [-0.1, -0.05) is 5.21 Å². The van der Waals surface area contributed by atoms with Gasteiger partial charge in [0.15, 0.2) is 27.9 Å². The van der Waals surface area contributed by atoms with Gasteiger partial charge in [0.1, 0.15) is 6.10 Å². The Hall–Kier alpha value is -2.48. The minimum atomic E-state index is -4.40. The van der Waals surface area contributed by atoms with E-state index < -0.39 is 17.5 Å². The first-order chi connectivity index (χ1) is 17.1. The van der Waals surface area contributed by atoms with Crippen LogP contribution in [-0.2, 0) is 15.7 Å². The van der Waals surface area contributed by atoms with Gasteiger partial charge in [-0.2, -0.15) is 13.2 Å². The summed E-state index contributed by atoms with van der Waals surface area (Å²) >= 11 is 1.17. The van der Waals surface area contributed by atoms with Crippen LogP contribution in [0.1, 0.15) is 44.7 Å². The number of anilines is 1. The fourth-order valence-electron chi connectivity index (χ4n) is 4.89. The average molecular weight is 523 g/mol. The van der Waals surface area contributed by atoms with Gasteiger partial charge in [0.25, 0.3) is 0 Å². The predicted molar refractivity (Wildman–Crippen MR) is 123 cm³/mol. The van der Waals surface area contributed by atoms with Crippen molar-refractivity contribution in [2.75, 3.05) is 11.9 Å². The number of hydrogen-bond acceptors (Lipinski definition) is 9. The van der Waals surface area contributed by atoms with Gasteiger partial charge in [0.05, 0.1) is 17.7 Å². The third-order valence-electron chi connectivity index (χ3n) is 6.71. The van der Waals surface area contributed by atoms with E-state index in [1.54, 1.807) is 4.68 Å². The Morgan fingerprint density at radius 1 is 1.14 bits per heavy atom. The summed E-state index contributed by atoms with van der Waals surface area (Å²) in [5, 5.41) is 22.5. The summed E-state index contributed by atoms with van der Waals surface area (Å²) in [4.78, 5) is 9.90. The van der Waals surface area contributed by atoms with Crippen LogP contribution in [0, 0.1) is 5.92 Å². The zero-order valence-electron chi connectivity index (χ0n) is 19.6. The molecule has 6 rings (SSSR count). The number of fused-ring (bicyclic) bond motifs is 2. The largest absolute Gasteiger partial charge is 0.416 e. The Morgan fingerprint density at radius 3 is 2.53 bits per heavy atom. The molecule has 2 aliphatic carbocycles. The van der Waals surface area contributed by atoms with Crippen molar-refractivity contribution in [1.82, 2.24) is 25.0 Å². The van der Waals surface area contributed by atoms with Crippen LogP contribution in [0.3, 0.4) is 0 Å². The second-order valence-corrected chi connectivity index (χ2v) is 11.0. The lowest BCUT2D eigenvalue weighted by Gasteiger charge is -2.23. The average Bonchev–Trinajstić information content (AvgIpc) is 3.30. The van der Waals surface area contributed by atoms with E-state index in [0.717, 1.165) is 25.0 Å². The standard InChI is InChI=1S/C23H25F3N6O3S/c1-22(2)34-17-11(10-33)9-15(18(17)35-22)32-20-16(30-31-32)19(27-13-5-6-13)28-21(29-20)36-14-7-3-12(4-8-14)23(24,25)26/h3-4,7-8,11,13,15,17-18,33H,5-6,9-10H2,1-2H3,(H,27,28,29). The van der Waals surface area contributed by atoms with Crippen molar-refractivity contribution in [2.45, 2.75) is 79.4 Å². The Balaban J connectivity index is 1.37. The van der Waals surface area contributed by atoms with Crippen molar-refractivity contribution in [3.8, 4) is 0 Å². The molecular weight excluding hydrogens is 497 g/mol. The number of alkyl halides is 3. The Morgan fingerprint density at radius 2 is 1.86 bits per heavy atom. The number of hydrogen-bond donors (Lipinski definition) is 2. The van der Waals surface area contributed by atoms with E-state index in [-0.39, 0.29) is 30.8 Å². The highest BCUT2D eigenvalue weighted by Crippen LogP contribution is 2.47. The SMILES string of the molecule is CC1(C)OC2C(CO)CC(n3nnc4c(NC5CC5)nc(Sc5ccc(C(F)(F)F)cc5)nc43)C2O1. The topological polar surface area (TPSA) is 107 Å². The molecule has 3 heterocycles. The van der Waals surface area contributed by atoms with E-state index in [0.29, 0.717) is 39.5 Å². The maximum Gasteiger partial charge on any atom is 0.416 e.